The highest BCUT2D eigenvalue weighted by Gasteiger charge is 2.42. The lowest BCUT2D eigenvalue weighted by Crippen LogP contribution is -2.47. The van der Waals surface area contributed by atoms with E-state index in [-0.39, 0.29) is 29.9 Å². The molecule has 1 aliphatic heterocycles. The second-order valence-corrected chi connectivity index (χ2v) is 9.91. The van der Waals surface area contributed by atoms with Crippen molar-refractivity contribution in [3.63, 3.8) is 0 Å². The second-order valence-electron chi connectivity index (χ2n) is 9.91. The van der Waals surface area contributed by atoms with Crippen molar-refractivity contribution in [1.82, 2.24) is 10.6 Å². The number of rotatable bonds is 10. The largest absolute Gasteiger partial charge is 0.496 e. The minimum absolute atomic E-state index is 0.0573. The van der Waals surface area contributed by atoms with Crippen molar-refractivity contribution in [3.05, 3.63) is 101 Å². The van der Waals surface area contributed by atoms with Crippen molar-refractivity contribution in [2.75, 3.05) is 20.8 Å². The zero-order chi connectivity index (χ0) is 25.5. The summed E-state index contributed by atoms with van der Waals surface area (Å²) in [7, 11) is 3.18. The summed E-state index contributed by atoms with van der Waals surface area (Å²) in [5.74, 6) is 1.38. The van der Waals surface area contributed by atoms with E-state index in [0.717, 1.165) is 17.9 Å². The van der Waals surface area contributed by atoms with Gasteiger partial charge >= 0.3 is 5.97 Å². The first-order valence-corrected chi connectivity index (χ1v) is 12.8. The number of esters is 1. The number of carbonyl (C=O) groups is 1. The fourth-order valence-corrected chi connectivity index (χ4v) is 5.40. The summed E-state index contributed by atoms with van der Waals surface area (Å²) in [6, 6.07) is 27.8. The Bertz CT molecular complexity index is 1080. The van der Waals surface area contributed by atoms with E-state index in [4.69, 9.17) is 9.47 Å². The lowest BCUT2D eigenvalue weighted by molar-refractivity contribution is -0.141. The fraction of sp³-hybridized carbons (Fsp3) is 0.387. The molecule has 3 aromatic carbocycles. The maximum Gasteiger partial charge on any atom is 0.305 e. The highest BCUT2D eigenvalue weighted by atomic mass is 16.5. The molecule has 0 aliphatic carbocycles. The summed E-state index contributed by atoms with van der Waals surface area (Å²) in [6.07, 6.45) is 0.372. The molecule has 0 amide bonds. The van der Waals surface area contributed by atoms with Gasteiger partial charge in [0.15, 0.2) is 0 Å². The number of benzene rings is 3. The van der Waals surface area contributed by atoms with Gasteiger partial charge in [-0.25, -0.2) is 0 Å². The lowest BCUT2D eigenvalue weighted by atomic mass is 9.80. The van der Waals surface area contributed by atoms with E-state index >= 15 is 0 Å². The molecule has 190 valence electrons. The number of carbonyl (C=O) groups excluding carboxylic acids is 1. The molecule has 3 atom stereocenters. The zero-order valence-electron chi connectivity index (χ0n) is 21.7. The van der Waals surface area contributed by atoms with Gasteiger partial charge in [0.05, 0.1) is 20.6 Å². The number of hydrogen-bond acceptors (Lipinski definition) is 5. The predicted octanol–water partition coefficient (Wildman–Crippen LogP) is 5.26. The van der Waals surface area contributed by atoms with Crippen LogP contribution >= 0.6 is 0 Å². The molecule has 0 spiro atoms. The minimum atomic E-state index is -0.176. The third kappa shape index (κ3) is 5.97. The fourth-order valence-electron chi connectivity index (χ4n) is 5.40. The van der Waals surface area contributed by atoms with E-state index in [9.17, 15) is 4.79 Å². The van der Waals surface area contributed by atoms with Gasteiger partial charge < -0.3 is 20.1 Å². The molecule has 0 radical (unpaired) electrons. The van der Waals surface area contributed by atoms with Crippen LogP contribution < -0.4 is 15.4 Å². The van der Waals surface area contributed by atoms with Gasteiger partial charge in [0.25, 0.3) is 0 Å². The van der Waals surface area contributed by atoms with Crippen LogP contribution in [-0.2, 0) is 16.1 Å². The molecule has 1 aliphatic rings. The molecule has 5 nitrogen and oxygen atoms in total. The van der Waals surface area contributed by atoms with Crippen LogP contribution in [-0.4, -0.2) is 38.8 Å². The number of hydrogen-bond donors (Lipinski definition) is 2. The van der Waals surface area contributed by atoms with Crippen LogP contribution in [0, 0.1) is 5.92 Å². The van der Waals surface area contributed by atoms with Crippen molar-refractivity contribution < 1.29 is 14.3 Å². The molecule has 36 heavy (non-hydrogen) atoms. The van der Waals surface area contributed by atoms with Gasteiger partial charge in [0.1, 0.15) is 5.75 Å². The smallest absolute Gasteiger partial charge is 0.305 e. The van der Waals surface area contributed by atoms with Gasteiger partial charge in [0.2, 0.25) is 0 Å². The zero-order valence-corrected chi connectivity index (χ0v) is 21.7. The van der Waals surface area contributed by atoms with E-state index in [0.29, 0.717) is 18.9 Å². The van der Waals surface area contributed by atoms with E-state index in [1.807, 2.05) is 0 Å². The Labute approximate surface area is 215 Å². The van der Waals surface area contributed by atoms with E-state index < -0.39 is 0 Å². The average Bonchev–Trinajstić information content (AvgIpc) is 3.29. The molecule has 1 saturated heterocycles. The lowest BCUT2D eigenvalue weighted by Gasteiger charge is -2.32. The van der Waals surface area contributed by atoms with Crippen LogP contribution in [0.2, 0.25) is 0 Å². The Balaban J connectivity index is 1.68. The summed E-state index contributed by atoms with van der Waals surface area (Å²) < 4.78 is 10.7. The Kier molecular flexibility index (Phi) is 8.79. The van der Waals surface area contributed by atoms with Gasteiger partial charge in [0, 0.05) is 36.7 Å². The van der Waals surface area contributed by atoms with Crippen LogP contribution in [0.5, 0.6) is 5.75 Å². The first kappa shape index (κ1) is 25.9. The number of nitrogens with one attached hydrogen (secondary N) is 2. The monoisotopic (exact) mass is 486 g/mol. The highest BCUT2D eigenvalue weighted by Crippen LogP contribution is 2.35. The first-order valence-electron chi connectivity index (χ1n) is 12.8. The summed E-state index contributed by atoms with van der Waals surface area (Å²) >= 11 is 0. The molecule has 3 aromatic rings. The summed E-state index contributed by atoms with van der Waals surface area (Å²) in [5.41, 5.74) is 4.92. The Morgan fingerprint density at radius 3 is 2.14 bits per heavy atom. The van der Waals surface area contributed by atoms with Gasteiger partial charge in [-0.15, -0.1) is 0 Å². The molecule has 2 N–H and O–H groups in total. The standard InChI is InChI=1S/C31H38N2O3/c1-21(2)24-15-16-27(35-3)25(17-24)19-32-30-26(18-28(34)36-4)20-33-31(30)29(22-11-7-5-8-12-22)23-13-9-6-10-14-23/h5-17,21,26,29-33H,18-20H2,1-4H3. The number of methoxy groups -OCH3 is 2. The topological polar surface area (TPSA) is 59.6 Å². The maximum atomic E-state index is 12.3. The normalized spacial score (nSPS) is 19.6. The molecule has 3 unspecified atom stereocenters. The molecular formula is C31H38N2O3. The molecule has 0 bridgehead atoms. The van der Waals surface area contributed by atoms with E-state index in [2.05, 4.69) is 103 Å². The van der Waals surface area contributed by atoms with Gasteiger partial charge in [-0.2, -0.15) is 0 Å². The Morgan fingerprint density at radius 1 is 0.944 bits per heavy atom. The quantitative estimate of drug-likeness (QED) is 0.383. The van der Waals surface area contributed by atoms with Gasteiger partial charge in [-0.3, -0.25) is 4.79 Å². The van der Waals surface area contributed by atoms with Crippen molar-refractivity contribution in [2.45, 2.75) is 50.7 Å². The SMILES string of the molecule is COC(=O)CC1CNC(C(c2ccccc2)c2ccccc2)C1NCc1cc(C(C)C)ccc1OC. The first-order chi connectivity index (χ1) is 17.5. The van der Waals surface area contributed by atoms with Crippen molar-refractivity contribution in [3.8, 4) is 5.75 Å². The van der Waals surface area contributed by atoms with E-state index in [1.165, 1.54) is 23.8 Å². The van der Waals surface area contributed by atoms with Crippen LogP contribution in [0.15, 0.2) is 78.9 Å². The van der Waals surface area contributed by atoms with Crippen LogP contribution in [0.3, 0.4) is 0 Å². The van der Waals surface area contributed by atoms with E-state index in [1.54, 1.807) is 7.11 Å². The van der Waals surface area contributed by atoms with Crippen molar-refractivity contribution in [2.24, 2.45) is 5.92 Å². The third-order valence-electron chi connectivity index (χ3n) is 7.34. The molecular weight excluding hydrogens is 448 g/mol. The minimum Gasteiger partial charge on any atom is -0.496 e. The molecule has 0 aromatic heterocycles. The molecule has 0 saturated carbocycles. The Morgan fingerprint density at radius 2 is 1.58 bits per heavy atom. The van der Waals surface area contributed by atoms with Crippen LogP contribution in [0.1, 0.15) is 54.4 Å². The van der Waals surface area contributed by atoms with Crippen molar-refractivity contribution >= 4 is 5.97 Å². The summed E-state index contributed by atoms with van der Waals surface area (Å²) in [5, 5.41) is 7.61. The summed E-state index contributed by atoms with van der Waals surface area (Å²) in [6.45, 7) is 5.80. The second kappa shape index (κ2) is 12.2. The van der Waals surface area contributed by atoms with Gasteiger partial charge in [-0.05, 0) is 34.6 Å². The molecule has 1 fully saturated rings. The maximum absolute atomic E-state index is 12.3. The van der Waals surface area contributed by atoms with Gasteiger partial charge in [-0.1, -0.05) is 86.6 Å². The predicted molar refractivity (Wildman–Crippen MR) is 144 cm³/mol. The Hall–Kier alpha value is -3.15. The molecule has 1 heterocycles. The summed E-state index contributed by atoms with van der Waals surface area (Å²) in [4.78, 5) is 12.3. The van der Waals surface area contributed by atoms with Crippen LogP contribution in [0.4, 0.5) is 0 Å². The van der Waals surface area contributed by atoms with Crippen LogP contribution in [0.25, 0.3) is 0 Å². The molecule has 5 heteroatoms. The van der Waals surface area contributed by atoms with Crippen molar-refractivity contribution in [1.29, 1.82) is 0 Å². The molecule has 4 rings (SSSR count). The average molecular weight is 487 g/mol. The number of ether oxygens (including phenoxy) is 2. The third-order valence-corrected chi connectivity index (χ3v) is 7.34. The highest BCUT2D eigenvalue weighted by molar-refractivity contribution is 5.69.